The van der Waals surface area contributed by atoms with Crippen molar-refractivity contribution in [2.45, 2.75) is 6.04 Å². The van der Waals surface area contributed by atoms with Crippen molar-refractivity contribution in [3.05, 3.63) is 69.8 Å². The molecule has 150 valence electrons. The number of fused-ring (bicyclic) bond motifs is 2. The van der Waals surface area contributed by atoms with Crippen molar-refractivity contribution in [2.24, 2.45) is 5.73 Å². The monoisotopic (exact) mass is 405 g/mol. The van der Waals surface area contributed by atoms with Crippen molar-refractivity contribution in [1.29, 1.82) is 0 Å². The Hall–Kier alpha value is -3.98. The van der Waals surface area contributed by atoms with Crippen LogP contribution in [0.2, 0.25) is 0 Å². The minimum absolute atomic E-state index is 0.00354. The molecule has 1 atom stereocenters. The van der Waals surface area contributed by atoms with Gasteiger partial charge in [0.25, 0.3) is 17.7 Å². The Balaban J connectivity index is 1.74. The van der Waals surface area contributed by atoms with Crippen molar-refractivity contribution < 1.29 is 28.8 Å². The van der Waals surface area contributed by atoms with E-state index in [1.165, 1.54) is 43.4 Å². The van der Waals surface area contributed by atoms with Crippen LogP contribution in [0.5, 0.6) is 0 Å². The predicted octanol–water partition coefficient (Wildman–Crippen LogP) is 0.231. The number of nitrogens with one attached hydrogen (secondary N) is 1. The molecule has 1 unspecified atom stereocenters. The molecule has 2 aromatic rings. The number of imide groups is 1. The van der Waals surface area contributed by atoms with Gasteiger partial charge in [0.05, 0.1) is 17.7 Å². The molecule has 1 aliphatic heterocycles. The number of ketones is 3. The second-order valence-corrected chi connectivity index (χ2v) is 6.84. The van der Waals surface area contributed by atoms with Gasteiger partial charge in [-0.3, -0.25) is 33.7 Å². The number of carbonyl (C=O) groups is 6. The normalized spacial score (nSPS) is 17.3. The van der Waals surface area contributed by atoms with E-state index in [2.05, 4.69) is 5.32 Å². The molecule has 1 aliphatic carbocycles. The molecule has 0 bridgehead atoms. The summed E-state index contributed by atoms with van der Waals surface area (Å²) < 4.78 is 0. The summed E-state index contributed by atoms with van der Waals surface area (Å²) >= 11 is 0. The average Bonchev–Trinajstić information content (AvgIpc) is 3.16. The van der Waals surface area contributed by atoms with E-state index in [0.717, 1.165) is 0 Å². The van der Waals surface area contributed by atoms with Crippen LogP contribution in [-0.2, 0) is 0 Å². The molecular formula is C21H15N3O6. The molecule has 0 saturated heterocycles. The minimum Gasteiger partial charge on any atom is -0.355 e. The largest absolute Gasteiger partial charge is 0.355 e. The first-order chi connectivity index (χ1) is 14.3. The fraction of sp³-hybridized carbons (Fsp3) is 0.143. The quantitative estimate of drug-likeness (QED) is 0.421. The SMILES string of the molecule is CNC(=O)c1ccc2c(c1)C(=O)C(N1C(=O)c3ccc(C(=O)CN)cc3C1=O)C2=O. The highest BCUT2D eigenvalue weighted by atomic mass is 16.2. The topological polar surface area (TPSA) is 144 Å². The van der Waals surface area contributed by atoms with Crippen molar-refractivity contribution in [3.8, 4) is 0 Å². The molecule has 30 heavy (non-hydrogen) atoms. The average molecular weight is 405 g/mol. The predicted molar refractivity (Wildman–Crippen MR) is 103 cm³/mol. The third kappa shape index (κ3) is 2.60. The van der Waals surface area contributed by atoms with Gasteiger partial charge in [0, 0.05) is 29.3 Å². The van der Waals surface area contributed by atoms with Gasteiger partial charge in [0.15, 0.2) is 23.4 Å². The molecule has 9 heteroatoms. The molecule has 0 aromatic heterocycles. The van der Waals surface area contributed by atoms with Crippen LogP contribution < -0.4 is 11.1 Å². The second kappa shape index (κ2) is 6.82. The maximum Gasteiger partial charge on any atom is 0.262 e. The smallest absolute Gasteiger partial charge is 0.262 e. The number of amides is 3. The van der Waals surface area contributed by atoms with E-state index in [0.29, 0.717) is 4.90 Å². The van der Waals surface area contributed by atoms with Gasteiger partial charge in [-0.1, -0.05) is 6.07 Å². The van der Waals surface area contributed by atoms with Gasteiger partial charge in [-0.15, -0.1) is 0 Å². The maximum absolute atomic E-state index is 13.0. The van der Waals surface area contributed by atoms with Gasteiger partial charge in [-0.05, 0) is 30.3 Å². The Morgan fingerprint density at radius 1 is 0.867 bits per heavy atom. The van der Waals surface area contributed by atoms with Crippen LogP contribution >= 0.6 is 0 Å². The molecule has 0 saturated carbocycles. The van der Waals surface area contributed by atoms with Crippen LogP contribution in [0.25, 0.3) is 0 Å². The number of rotatable bonds is 4. The lowest BCUT2D eigenvalue weighted by atomic mass is 10.0. The third-order valence-corrected chi connectivity index (χ3v) is 5.22. The summed E-state index contributed by atoms with van der Waals surface area (Å²) in [4.78, 5) is 75.9. The number of Topliss-reactive ketones (excluding diaryl/α,β-unsaturated/α-hetero) is 3. The van der Waals surface area contributed by atoms with E-state index >= 15 is 0 Å². The van der Waals surface area contributed by atoms with Gasteiger partial charge in [0.1, 0.15) is 0 Å². The molecule has 3 N–H and O–H groups in total. The molecule has 0 radical (unpaired) electrons. The Bertz CT molecular complexity index is 1110. The summed E-state index contributed by atoms with van der Waals surface area (Å²) in [5.41, 5.74) is 5.60. The number of hydrogen-bond donors (Lipinski definition) is 2. The molecule has 2 aromatic carbocycles. The molecule has 4 rings (SSSR count). The summed E-state index contributed by atoms with van der Waals surface area (Å²) in [6.45, 7) is -0.271. The Morgan fingerprint density at radius 2 is 1.43 bits per heavy atom. The van der Waals surface area contributed by atoms with Crippen LogP contribution in [-0.4, -0.2) is 59.6 Å². The van der Waals surface area contributed by atoms with E-state index in [1.807, 2.05) is 0 Å². The standard InChI is InChI=1S/C21H15N3O6/c1-23-19(28)10-3-4-11-13(7-10)18(27)16(17(11)26)24-20(29)12-5-2-9(15(25)8-22)6-14(12)21(24)30/h2-7,16H,8,22H2,1H3,(H,23,28). The van der Waals surface area contributed by atoms with E-state index in [1.54, 1.807) is 0 Å². The molecule has 2 aliphatic rings. The van der Waals surface area contributed by atoms with Crippen molar-refractivity contribution in [2.75, 3.05) is 13.6 Å². The number of nitrogens with two attached hydrogens (primary N) is 1. The molecule has 3 amide bonds. The first kappa shape index (κ1) is 19.3. The maximum atomic E-state index is 13.0. The van der Waals surface area contributed by atoms with Gasteiger partial charge >= 0.3 is 0 Å². The molecule has 1 heterocycles. The summed E-state index contributed by atoms with van der Waals surface area (Å²) in [5, 5.41) is 2.42. The number of hydrogen-bond acceptors (Lipinski definition) is 7. The van der Waals surface area contributed by atoms with Crippen molar-refractivity contribution >= 4 is 35.1 Å². The fourth-order valence-electron chi connectivity index (χ4n) is 3.68. The molecular weight excluding hydrogens is 390 g/mol. The summed E-state index contributed by atoms with van der Waals surface area (Å²) in [7, 11) is 1.42. The van der Waals surface area contributed by atoms with Gasteiger partial charge in [0.2, 0.25) is 0 Å². The van der Waals surface area contributed by atoms with Crippen LogP contribution in [0.3, 0.4) is 0 Å². The third-order valence-electron chi connectivity index (χ3n) is 5.22. The van der Waals surface area contributed by atoms with Crippen LogP contribution in [0, 0.1) is 0 Å². The first-order valence-electron chi connectivity index (χ1n) is 9.00. The zero-order valence-corrected chi connectivity index (χ0v) is 15.7. The van der Waals surface area contributed by atoms with E-state index in [4.69, 9.17) is 5.73 Å². The molecule has 0 spiro atoms. The minimum atomic E-state index is -1.65. The van der Waals surface area contributed by atoms with Gasteiger partial charge in [-0.25, -0.2) is 0 Å². The van der Waals surface area contributed by atoms with Crippen molar-refractivity contribution in [3.63, 3.8) is 0 Å². The highest BCUT2D eigenvalue weighted by Gasteiger charge is 2.50. The van der Waals surface area contributed by atoms with Crippen LogP contribution in [0.15, 0.2) is 36.4 Å². The molecule has 0 fully saturated rings. The van der Waals surface area contributed by atoms with Gasteiger partial charge in [-0.2, -0.15) is 0 Å². The van der Waals surface area contributed by atoms with Crippen LogP contribution in [0.4, 0.5) is 0 Å². The highest BCUT2D eigenvalue weighted by Crippen LogP contribution is 2.33. The number of benzene rings is 2. The molecule has 9 nitrogen and oxygen atoms in total. The zero-order valence-electron chi connectivity index (χ0n) is 15.7. The highest BCUT2D eigenvalue weighted by molar-refractivity contribution is 6.35. The van der Waals surface area contributed by atoms with Gasteiger partial charge < -0.3 is 11.1 Å². The number of carbonyl (C=O) groups excluding carboxylic acids is 6. The Kier molecular flexibility index (Phi) is 4.39. The summed E-state index contributed by atoms with van der Waals surface area (Å²) in [6.07, 6.45) is 0. The fourth-order valence-corrected chi connectivity index (χ4v) is 3.68. The first-order valence-corrected chi connectivity index (χ1v) is 9.00. The van der Waals surface area contributed by atoms with E-state index < -0.39 is 41.1 Å². The van der Waals surface area contributed by atoms with Crippen molar-refractivity contribution in [1.82, 2.24) is 10.2 Å². The van der Waals surface area contributed by atoms with E-state index in [-0.39, 0.29) is 39.9 Å². The lowest BCUT2D eigenvalue weighted by Gasteiger charge is -2.18. The zero-order chi connectivity index (χ0) is 21.7. The lowest BCUT2D eigenvalue weighted by molar-refractivity contribution is 0.0519. The summed E-state index contributed by atoms with van der Waals surface area (Å²) in [6, 6.07) is 6.25. The Labute approximate surface area is 169 Å². The lowest BCUT2D eigenvalue weighted by Crippen LogP contribution is -2.46. The number of nitrogens with zero attached hydrogens (tertiary/aromatic N) is 1. The van der Waals surface area contributed by atoms with Crippen LogP contribution in [0.1, 0.15) is 62.1 Å². The summed E-state index contributed by atoms with van der Waals surface area (Å²) in [5.74, 6) is -3.95. The van der Waals surface area contributed by atoms with E-state index in [9.17, 15) is 28.8 Å². The second-order valence-electron chi connectivity index (χ2n) is 6.84. The Morgan fingerprint density at radius 3 is 2.10 bits per heavy atom.